The number of rotatable bonds is 5. The van der Waals surface area contributed by atoms with E-state index in [4.69, 9.17) is 15.3 Å². The molecular weight excluding hydrogens is 254 g/mol. The molecule has 1 atom stereocenters. The summed E-state index contributed by atoms with van der Waals surface area (Å²) in [6.45, 7) is 1.95. The van der Waals surface area contributed by atoms with Crippen molar-refractivity contribution < 1.29 is 9.47 Å². The quantitative estimate of drug-likeness (QED) is 0.644. The maximum absolute atomic E-state index is 5.69. The molecule has 0 saturated carbocycles. The van der Waals surface area contributed by atoms with E-state index in [-0.39, 0.29) is 6.04 Å². The predicted molar refractivity (Wildman–Crippen MR) is 77.7 cm³/mol. The van der Waals surface area contributed by atoms with Crippen molar-refractivity contribution >= 4 is 0 Å². The van der Waals surface area contributed by atoms with Gasteiger partial charge in [0.05, 0.1) is 26.0 Å². The first-order chi connectivity index (χ1) is 9.69. The Bertz CT molecular complexity index is 587. The van der Waals surface area contributed by atoms with Crippen LogP contribution in [0.15, 0.2) is 36.4 Å². The number of hydrazine groups is 1. The lowest BCUT2D eigenvalue weighted by atomic mass is 10.0. The number of ether oxygens (including phenoxy) is 2. The molecule has 5 heteroatoms. The van der Waals surface area contributed by atoms with Crippen molar-refractivity contribution in [2.45, 2.75) is 13.0 Å². The van der Waals surface area contributed by atoms with E-state index in [0.29, 0.717) is 11.5 Å². The Kier molecular flexibility index (Phi) is 4.55. The molecule has 0 spiro atoms. The number of nitrogens with one attached hydrogen (secondary N) is 1. The van der Waals surface area contributed by atoms with E-state index in [2.05, 4.69) is 10.4 Å². The second kappa shape index (κ2) is 6.36. The van der Waals surface area contributed by atoms with Crippen LogP contribution in [0.4, 0.5) is 0 Å². The molecule has 0 fully saturated rings. The number of hydrogen-bond donors (Lipinski definition) is 2. The summed E-state index contributed by atoms with van der Waals surface area (Å²) in [7, 11) is 3.22. The smallest absolute Gasteiger partial charge is 0.161 e. The van der Waals surface area contributed by atoms with Gasteiger partial charge in [-0.25, -0.2) is 5.43 Å². The highest BCUT2D eigenvalue weighted by Crippen LogP contribution is 2.31. The van der Waals surface area contributed by atoms with E-state index in [1.54, 1.807) is 14.2 Å². The molecule has 20 heavy (non-hydrogen) atoms. The number of benzene rings is 1. The predicted octanol–water partition coefficient (Wildman–Crippen LogP) is 1.96. The zero-order valence-electron chi connectivity index (χ0n) is 11.9. The van der Waals surface area contributed by atoms with E-state index in [9.17, 15) is 0 Å². The van der Waals surface area contributed by atoms with Gasteiger partial charge < -0.3 is 9.47 Å². The van der Waals surface area contributed by atoms with Crippen molar-refractivity contribution in [2.75, 3.05) is 14.2 Å². The van der Waals surface area contributed by atoms with Gasteiger partial charge in [-0.15, -0.1) is 0 Å². The lowest BCUT2D eigenvalue weighted by Gasteiger charge is -2.18. The number of nitrogens with zero attached hydrogens (tertiary/aromatic N) is 1. The van der Waals surface area contributed by atoms with Gasteiger partial charge in [0.25, 0.3) is 0 Å². The van der Waals surface area contributed by atoms with Gasteiger partial charge in [-0.1, -0.05) is 12.1 Å². The maximum atomic E-state index is 5.69. The highest BCUT2D eigenvalue weighted by atomic mass is 16.5. The van der Waals surface area contributed by atoms with E-state index in [0.717, 1.165) is 17.0 Å². The Hall–Kier alpha value is -2.11. The first-order valence-corrected chi connectivity index (χ1v) is 6.31. The van der Waals surface area contributed by atoms with Gasteiger partial charge in [0.1, 0.15) is 0 Å². The summed E-state index contributed by atoms with van der Waals surface area (Å²) in [5, 5.41) is 0. The van der Waals surface area contributed by atoms with Crippen molar-refractivity contribution in [3.05, 3.63) is 53.3 Å². The number of aromatic nitrogens is 1. The number of pyridine rings is 1. The Balaban J connectivity index is 2.41. The summed E-state index contributed by atoms with van der Waals surface area (Å²) >= 11 is 0. The van der Waals surface area contributed by atoms with Crippen LogP contribution in [0, 0.1) is 6.92 Å². The highest BCUT2D eigenvalue weighted by Gasteiger charge is 2.16. The fourth-order valence-corrected chi connectivity index (χ4v) is 2.11. The third-order valence-corrected chi connectivity index (χ3v) is 3.11. The summed E-state index contributed by atoms with van der Waals surface area (Å²) < 4.78 is 10.6. The Morgan fingerprint density at radius 1 is 1.10 bits per heavy atom. The Morgan fingerprint density at radius 2 is 1.85 bits per heavy atom. The number of nitrogens with two attached hydrogens (primary N) is 1. The monoisotopic (exact) mass is 273 g/mol. The SMILES string of the molecule is COc1ccc(C(NN)c2cccc(C)n2)cc1OC. The molecule has 0 amide bonds. The molecule has 1 aromatic heterocycles. The molecule has 1 aromatic carbocycles. The van der Waals surface area contributed by atoms with Crippen LogP contribution in [0.25, 0.3) is 0 Å². The third-order valence-electron chi connectivity index (χ3n) is 3.11. The molecule has 1 heterocycles. The molecule has 0 bridgehead atoms. The summed E-state index contributed by atoms with van der Waals surface area (Å²) in [4.78, 5) is 4.50. The second-order valence-electron chi connectivity index (χ2n) is 4.42. The minimum Gasteiger partial charge on any atom is -0.493 e. The second-order valence-corrected chi connectivity index (χ2v) is 4.42. The fourth-order valence-electron chi connectivity index (χ4n) is 2.11. The van der Waals surface area contributed by atoms with Crippen LogP contribution in [-0.2, 0) is 0 Å². The highest BCUT2D eigenvalue weighted by molar-refractivity contribution is 5.45. The van der Waals surface area contributed by atoms with Crippen LogP contribution in [0.2, 0.25) is 0 Å². The Labute approximate surface area is 118 Å². The minimum atomic E-state index is -0.199. The van der Waals surface area contributed by atoms with Crippen LogP contribution in [0.1, 0.15) is 23.0 Å². The van der Waals surface area contributed by atoms with Gasteiger partial charge >= 0.3 is 0 Å². The van der Waals surface area contributed by atoms with Crippen molar-refractivity contribution in [1.29, 1.82) is 0 Å². The zero-order valence-corrected chi connectivity index (χ0v) is 11.9. The first kappa shape index (κ1) is 14.3. The summed E-state index contributed by atoms with van der Waals surface area (Å²) in [5.74, 6) is 7.04. The summed E-state index contributed by atoms with van der Waals surface area (Å²) in [6.07, 6.45) is 0. The standard InChI is InChI=1S/C15H19N3O2/c1-10-5-4-6-12(17-10)15(18-16)11-7-8-13(19-2)14(9-11)20-3/h4-9,15,18H,16H2,1-3H3. The van der Waals surface area contributed by atoms with E-state index >= 15 is 0 Å². The van der Waals surface area contributed by atoms with Gasteiger partial charge in [-0.2, -0.15) is 0 Å². The summed E-state index contributed by atoms with van der Waals surface area (Å²) in [5.41, 5.74) is 5.56. The van der Waals surface area contributed by atoms with Crippen LogP contribution >= 0.6 is 0 Å². The number of hydrogen-bond acceptors (Lipinski definition) is 5. The number of aryl methyl sites for hydroxylation is 1. The molecule has 2 rings (SSSR count). The molecule has 0 aliphatic rings. The van der Waals surface area contributed by atoms with Crippen LogP contribution < -0.4 is 20.7 Å². The lowest BCUT2D eigenvalue weighted by molar-refractivity contribution is 0.354. The third kappa shape index (κ3) is 2.89. The van der Waals surface area contributed by atoms with Crippen molar-refractivity contribution in [2.24, 2.45) is 5.84 Å². The maximum Gasteiger partial charge on any atom is 0.161 e. The van der Waals surface area contributed by atoms with Crippen LogP contribution in [0.5, 0.6) is 11.5 Å². The van der Waals surface area contributed by atoms with Gasteiger partial charge in [0, 0.05) is 5.69 Å². The molecule has 0 radical (unpaired) electrons. The van der Waals surface area contributed by atoms with Crippen molar-refractivity contribution in [3.63, 3.8) is 0 Å². The van der Waals surface area contributed by atoms with E-state index in [1.165, 1.54) is 0 Å². The molecule has 5 nitrogen and oxygen atoms in total. The largest absolute Gasteiger partial charge is 0.493 e. The average molecular weight is 273 g/mol. The van der Waals surface area contributed by atoms with Gasteiger partial charge in [0.15, 0.2) is 11.5 Å². The molecular formula is C15H19N3O2. The van der Waals surface area contributed by atoms with E-state index < -0.39 is 0 Å². The number of methoxy groups -OCH3 is 2. The normalized spacial score (nSPS) is 12.0. The van der Waals surface area contributed by atoms with Crippen LogP contribution in [-0.4, -0.2) is 19.2 Å². The van der Waals surface area contributed by atoms with Crippen molar-refractivity contribution in [3.8, 4) is 11.5 Å². The van der Waals surface area contributed by atoms with Gasteiger partial charge in [0.2, 0.25) is 0 Å². The minimum absolute atomic E-state index is 0.199. The van der Waals surface area contributed by atoms with E-state index in [1.807, 2.05) is 43.3 Å². The molecule has 2 aromatic rings. The van der Waals surface area contributed by atoms with Gasteiger partial charge in [-0.05, 0) is 36.8 Å². The molecule has 3 N–H and O–H groups in total. The lowest BCUT2D eigenvalue weighted by Crippen LogP contribution is -2.29. The molecule has 0 aliphatic carbocycles. The first-order valence-electron chi connectivity index (χ1n) is 6.31. The zero-order chi connectivity index (χ0) is 14.5. The fraction of sp³-hybridized carbons (Fsp3) is 0.267. The Morgan fingerprint density at radius 3 is 2.45 bits per heavy atom. The molecule has 1 unspecified atom stereocenters. The van der Waals surface area contributed by atoms with Gasteiger partial charge in [-0.3, -0.25) is 10.8 Å². The molecule has 0 aliphatic heterocycles. The van der Waals surface area contributed by atoms with Crippen LogP contribution in [0.3, 0.4) is 0 Å². The molecule has 0 saturated heterocycles. The van der Waals surface area contributed by atoms with Crippen molar-refractivity contribution in [1.82, 2.24) is 10.4 Å². The topological polar surface area (TPSA) is 69.4 Å². The molecule has 106 valence electrons. The summed E-state index contributed by atoms with van der Waals surface area (Å²) in [6, 6.07) is 11.3. The average Bonchev–Trinajstić information content (AvgIpc) is 2.48.